The molecular formula is C20H23N3O. The molecule has 124 valence electrons. The van der Waals surface area contributed by atoms with E-state index in [1.165, 1.54) is 22.2 Å². The van der Waals surface area contributed by atoms with Crippen molar-refractivity contribution < 1.29 is 4.74 Å². The number of methoxy groups -OCH3 is 1. The summed E-state index contributed by atoms with van der Waals surface area (Å²) in [6.45, 7) is 5.90. The number of nitrogens with one attached hydrogen (secondary N) is 1. The van der Waals surface area contributed by atoms with Crippen LogP contribution in [0, 0.1) is 6.92 Å². The van der Waals surface area contributed by atoms with E-state index in [4.69, 9.17) is 4.74 Å². The molecule has 0 saturated heterocycles. The third-order valence-electron chi connectivity index (χ3n) is 4.34. The van der Waals surface area contributed by atoms with E-state index < -0.39 is 0 Å². The maximum atomic E-state index is 5.36. The van der Waals surface area contributed by atoms with Crippen LogP contribution in [0.4, 0.5) is 0 Å². The molecule has 1 N–H and O–H groups in total. The second-order valence-corrected chi connectivity index (χ2v) is 5.67. The van der Waals surface area contributed by atoms with Gasteiger partial charge in [-0.3, -0.25) is 0 Å². The lowest BCUT2D eigenvalue weighted by atomic mass is 10.1. The number of hydrazone groups is 1. The zero-order chi connectivity index (χ0) is 16.9. The van der Waals surface area contributed by atoms with E-state index in [0.29, 0.717) is 6.54 Å². The zero-order valence-corrected chi connectivity index (χ0v) is 14.4. The van der Waals surface area contributed by atoms with E-state index in [0.717, 1.165) is 17.9 Å². The number of aromatic nitrogens is 1. The number of benzene rings is 2. The normalized spacial score (nSPS) is 11.3. The minimum Gasteiger partial charge on any atom is -0.496 e. The summed E-state index contributed by atoms with van der Waals surface area (Å²) in [6.07, 6.45) is 1.92. The van der Waals surface area contributed by atoms with Gasteiger partial charge < -0.3 is 14.7 Å². The first kappa shape index (κ1) is 16.1. The van der Waals surface area contributed by atoms with Gasteiger partial charge in [0.1, 0.15) is 5.75 Å². The molecule has 1 heterocycles. The molecule has 0 bridgehead atoms. The number of para-hydroxylation sites is 2. The summed E-state index contributed by atoms with van der Waals surface area (Å²) < 4.78 is 7.68. The first-order valence-corrected chi connectivity index (χ1v) is 8.22. The number of hydrogen-bond donors (Lipinski definition) is 1. The van der Waals surface area contributed by atoms with Crippen LogP contribution >= 0.6 is 0 Å². The fourth-order valence-corrected chi connectivity index (χ4v) is 3.12. The molecule has 24 heavy (non-hydrogen) atoms. The Bertz CT molecular complexity index is 864. The fraction of sp³-hybridized carbons (Fsp3) is 0.250. The van der Waals surface area contributed by atoms with Crippen LogP contribution in [0.2, 0.25) is 0 Å². The van der Waals surface area contributed by atoms with Crippen LogP contribution in [0.5, 0.6) is 5.75 Å². The summed E-state index contributed by atoms with van der Waals surface area (Å²) in [5, 5.41) is 5.66. The lowest BCUT2D eigenvalue weighted by Crippen LogP contribution is -2.07. The molecule has 0 saturated carbocycles. The zero-order valence-electron chi connectivity index (χ0n) is 14.4. The van der Waals surface area contributed by atoms with Crippen molar-refractivity contribution in [2.45, 2.75) is 26.9 Å². The summed E-state index contributed by atoms with van der Waals surface area (Å²) in [6, 6.07) is 16.4. The summed E-state index contributed by atoms with van der Waals surface area (Å²) in [5.74, 6) is 0.874. The molecule has 4 heteroatoms. The second kappa shape index (κ2) is 7.21. The van der Waals surface area contributed by atoms with Gasteiger partial charge in [0.2, 0.25) is 0 Å². The highest BCUT2D eigenvalue weighted by atomic mass is 16.5. The summed E-state index contributed by atoms with van der Waals surface area (Å²) >= 11 is 0. The van der Waals surface area contributed by atoms with Crippen LogP contribution in [0.15, 0.2) is 53.6 Å². The maximum absolute atomic E-state index is 5.36. The van der Waals surface area contributed by atoms with Crippen LogP contribution in [0.3, 0.4) is 0 Å². The van der Waals surface area contributed by atoms with Crippen LogP contribution in [-0.4, -0.2) is 17.9 Å². The predicted molar refractivity (Wildman–Crippen MR) is 99.8 cm³/mol. The van der Waals surface area contributed by atoms with Gasteiger partial charge in [-0.15, -0.1) is 0 Å². The van der Waals surface area contributed by atoms with Gasteiger partial charge in [0.05, 0.1) is 19.9 Å². The Morgan fingerprint density at radius 1 is 1.12 bits per heavy atom. The van der Waals surface area contributed by atoms with Crippen molar-refractivity contribution in [1.82, 2.24) is 9.99 Å². The standard InChI is InChI=1S/C20H23N3O/c1-4-23-15(2)18(17-10-6-7-11-19(17)23)14-22-21-13-16-9-5-8-12-20(16)24-3/h5-12,14,21H,4,13H2,1-3H3/b22-14-. The van der Waals surface area contributed by atoms with Gasteiger partial charge in [-0.1, -0.05) is 36.4 Å². The van der Waals surface area contributed by atoms with Crippen molar-refractivity contribution in [2.75, 3.05) is 7.11 Å². The lowest BCUT2D eigenvalue weighted by molar-refractivity contribution is 0.408. The maximum Gasteiger partial charge on any atom is 0.123 e. The monoisotopic (exact) mass is 321 g/mol. The molecule has 0 aliphatic carbocycles. The van der Waals surface area contributed by atoms with E-state index in [2.05, 4.69) is 53.2 Å². The number of aryl methyl sites for hydroxylation is 1. The Labute approximate surface area is 142 Å². The van der Waals surface area contributed by atoms with Gasteiger partial charge in [0.15, 0.2) is 0 Å². The number of fused-ring (bicyclic) bond motifs is 1. The van der Waals surface area contributed by atoms with Crippen molar-refractivity contribution in [3.63, 3.8) is 0 Å². The van der Waals surface area contributed by atoms with Crippen molar-refractivity contribution >= 4 is 17.1 Å². The van der Waals surface area contributed by atoms with Gasteiger partial charge >= 0.3 is 0 Å². The molecule has 3 rings (SSSR count). The summed E-state index contributed by atoms with van der Waals surface area (Å²) in [4.78, 5) is 0. The highest BCUT2D eigenvalue weighted by molar-refractivity contribution is 6.01. The Balaban J connectivity index is 1.80. The SMILES string of the molecule is CCn1c(C)c(/C=N\NCc2ccccc2OC)c2ccccc21. The first-order chi connectivity index (χ1) is 11.8. The molecule has 0 aliphatic heterocycles. The summed E-state index contributed by atoms with van der Waals surface area (Å²) in [7, 11) is 1.69. The molecule has 0 amide bonds. The molecular weight excluding hydrogens is 298 g/mol. The number of nitrogens with zero attached hydrogens (tertiary/aromatic N) is 2. The topological polar surface area (TPSA) is 38.5 Å². The van der Waals surface area contributed by atoms with E-state index in [-0.39, 0.29) is 0 Å². The molecule has 2 aromatic carbocycles. The van der Waals surface area contributed by atoms with Crippen molar-refractivity contribution in [3.8, 4) is 5.75 Å². The molecule has 3 aromatic rings. The Hall–Kier alpha value is -2.75. The van der Waals surface area contributed by atoms with E-state index in [1.807, 2.05) is 30.5 Å². The van der Waals surface area contributed by atoms with Gasteiger partial charge in [0.25, 0.3) is 0 Å². The smallest absolute Gasteiger partial charge is 0.123 e. The second-order valence-electron chi connectivity index (χ2n) is 5.67. The van der Waals surface area contributed by atoms with Gasteiger partial charge in [0, 0.05) is 34.3 Å². The molecule has 0 fully saturated rings. The number of rotatable bonds is 6. The Morgan fingerprint density at radius 3 is 2.67 bits per heavy atom. The first-order valence-electron chi connectivity index (χ1n) is 8.22. The Morgan fingerprint density at radius 2 is 1.88 bits per heavy atom. The molecule has 0 spiro atoms. The predicted octanol–water partition coefficient (Wildman–Crippen LogP) is 4.10. The average Bonchev–Trinajstić information content (AvgIpc) is 2.90. The quantitative estimate of drug-likeness (QED) is 0.548. The highest BCUT2D eigenvalue weighted by Gasteiger charge is 2.10. The minimum atomic E-state index is 0.631. The van der Waals surface area contributed by atoms with Crippen LogP contribution < -0.4 is 10.2 Å². The van der Waals surface area contributed by atoms with Crippen LogP contribution in [0.1, 0.15) is 23.7 Å². The van der Waals surface area contributed by atoms with Crippen molar-refractivity contribution in [1.29, 1.82) is 0 Å². The molecule has 0 atom stereocenters. The van der Waals surface area contributed by atoms with E-state index in [9.17, 15) is 0 Å². The highest BCUT2D eigenvalue weighted by Crippen LogP contribution is 2.24. The summed E-state index contributed by atoms with van der Waals surface area (Å²) in [5.41, 5.74) is 7.87. The largest absolute Gasteiger partial charge is 0.496 e. The van der Waals surface area contributed by atoms with Crippen LogP contribution in [0.25, 0.3) is 10.9 Å². The third kappa shape index (κ3) is 3.00. The lowest BCUT2D eigenvalue weighted by Gasteiger charge is -2.07. The van der Waals surface area contributed by atoms with Crippen LogP contribution in [-0.2, 0) is 13.1 Å². The van der Waals surface area contributed by atoms with Gasteiger partial charge in [-0.05, 0) is 26.0 Å². The molecule has 0 unspecified atom stereocenters. The molecule has 0 radical (unpaired) electrons. The average molecular weight is 321 g/mol. The van der Waals surface area contributed by atoms with Crippen molar-refractivity contribution in [2.24, 2.45) is 5.10 Å². The van der Waals surface area contributed by atoms with Gasteiger partial charge in [-0.2, -0.15) is 5.10 Å². The molecule has 1 aromatic heterocycles. The molecule has 4 nitrogen and oxygen atoms in total. The van der Waals surface area contributed by atoms with E-state index >= 15 is 0 Å². The Kier molecular flexibility index (Phi) is 4.85. The number of ether oxygens (including phenoxy) is 1. The third-order valence-corrected chi connectivity index (χ3v) is 4.34. The fourth-order valence-electron chi connectivity index (χ4n) is 3.12. The molecule has 0 aliphatic rings. The van der Waals surface area contributed by atoms with Crippen molar-refractivity contribution in [3.05, 3.63) is 65.4 Å². The minimum absolute atomic E-state index is 0.631. The van der Waals surface area contributed by atoms with E-state index in [1.54, 1.807) is 7.11 Å². The number of hydrogen-bond acceptors (Lipinski definition) is 3. The van der Waals surface area contributed by atoms with Gasteiger partial charge in [-0.25, -0.2) is 0 Å².